The van der Waals surface area contributed by atoms with Crippen LogP contribution in [0.4, 0.5) is 4.79 Å². The average molecular weight is 262 g/mol. The number of rotatable bonds is 6. The molecule has 102 valence electrons. The normalized spacial score (nSPS) is 9.74. The maximum Gasteiger partial charge on any atom is 0.317 e. The molecule has 0 saturated carbocycles. The Morgan fingerprint density at radius 3 is 2.58 bits per heavy atom. The molecule has 1 aromatic rings. The van der Waals surface area contributed by atoms with Gasteiger partial charge in [-0.2, -0.15) is 0 Å². The zero-order chi connectivity index (χ0) is 14.3. The summed E-state index contributed by atoms with van der Waals surface area (Å²) < 4.78 is 0. The fourth-order valence-electron chi connectivity index (χ4n) is 1.65. The standard InChI is InChI=1S/C14H18N2O3/c1-3-8-16(2)14(19)15-10-12-7-5-4-6-11(12)9-13(17)18/h3-7H,1,8-10H2,2H3,(H,15,19)(H,17,18). The Balaban J connectivity index is 2.64. The molecule has 2 N–H and O–H groups in total. The first-order valence-corrected chi connectivity index (χ1v) is 5.93. The Hall–Kier alpha value is -2.30. The van der Waals surface area contributed by atoms with Gasteiger partial charge in [-0.05, 0) is 11.1 Å². The van der Waals surface area contributed by atoms with Crippen LogP contribution in [0.3, 0.4) is 0 Å². The third-order valence-corrected chi connectivity index (χ3v) is 2.64. The van der Waals surface area contributed by atoms with E-state index in [0.717, 1.165) is 5.56 Å². The third-order valence-electron chi connectivity index (χ3n) is 2.64. The van der Waals surface area contributed by atoms with Crippen molar-refractivity contribution in [2.75, 3.05) is 13.6 Å². The number of amides is 2. The smallest absolute Gasteiger partial charge is 0.317 e. The molecule has 0 fully saturated rings. The SMILES string of the molecule is C=CCN(C)C(=O)NCc1ccccc1CC(=O)O. The average Bonchev–Trinajstić information content (AvgIpc) is 2.37. The predicted molar refractivity (Wildman–Crippen MR) is 72.8 cm³/mol. The van der Waals surface area contributed by atoms with Gasteiger partial charge in [0.05, 0.1) is 6.42 Å². The minimum atomic E-state index is -0.887. The largest absolute Gasteiger partial charge is 0.481 e. The number of carbonyl (C=O) groups is 2. The summed E-state index contributed by atoms with van der Waals surface area (Å²) in [4.78, 5) is 23.9. The second-order valence-corrected chi connectivity index (χ2v) is 4.17. The molecule has 0 aliphatic heterocycles. The fraction of sp³-hybridized carbons (Fsp3) is 0.286. The molecule has 0 spiro atoms. The molecule has 0 heterocycles. The molecule has 0 bridgehead atoms. The molecule has 1 aromatic carbocycles. The van der Waals surface area contributed by atoms with Crippen molar-refractivity contribution in [3.8, 4) is 0 Å². The summed E-state index contributed by atoms with van der Waals surface area (Å²) in [7, 11) is 1.67. The summed E-state index contributed by atoms with van der Waals surface area (Å²) in [5.74, 6) is -0.887. The minimum Gasteiger partial charge on any atom is -0.481 e. The van der Waals surface area contributed by atoms with Crippen LogP contribution < -0.4 is 5.32 Å². The second-order valence-electron chi connectivity index (χ2n) is 4.17. The van der Waals surface area contributed by atoms with Crippen molar-refractivity contribution in [2.45, 2.75) is 13.0 Å². The number of hydrogen-bond donors (Lipinski definition) is 2. The maximum absolute atomic E-state index is 11.7. The molecule has 0 atom stereocenters. The van der Waals surface area contributed by atoms with Gasteiger partial charge in [-0.3, -0.25) is 4.79 Å². The van der Waals surface area contributed by atoms with E-state index in [9.17, 15) is 9.59 Å². The van der Waals surface area contributed by atoms with E-state index in [1.807, 2.05) is 12.1 Å². The summed E-state index contributed by atoms with van der Waals surface area (Å²) in [5, 5.41) is 11.6. The lowest BCUT2D eigenvalue weighted by Crippen LogP contribution is -2.37. The summed E-state index contributed by atoms with van der Waals surface area (Å²) in [5.41, 5.74) is 1.52. The van der Waals surface area contributed by atoms with Crippen LogP contribution in [0.5, 0.6) is 0 Å². The number of carbonyl (C=O) groups excluding carboxylic acids is 1. The lowest BCUT2D eigenvalue weighted by Gasteiger charge is -2.16. The molecule has 0 radical (unpaired) electrons. The van der Waals surface area contributed by atoms with E-state index in [2.05, 4.69) is 11.9 Å². The van der Waals surface area contributed by atoms with Crippen molar-refractivity contribution in [1.29, 1.82) is 0 Å². The molecule has 5 heteroatoms. The number of urea groups is 1. The lowest BCUT2D eigenvalue weighted by atomic mass is 10.0. The van der Waals surface area contributed by atoms with Gasteiger partial charge in [-0.25, -0.2) is 4.79 Å². The van der Waals surface area contributed by atoms with Gasteiger partial charge in [0.25, 0.3) is 0 Å². The number of hydrogen-bond acceptors (Lipinski definition) is 2. The van der Waals surface area contributed by atoms with Gasteiger partial charge in [-0.15, -0.1) is 6.58 Å². The van der Waals surface area contributed by atoms with Gasteiger partial charge in [-0.1, -0.05) is 30.3 Å². The highest BCUT2D eigenvalue weighted by Crippen LogP contribution is 2.09. The van der Waals surface area contributed by atoms with Crippen LogP contribution in [0.1, 0.15) is 11.1 Å². The van der Waals surface area contributed by atoms with Crippen LogP contribution in [0.15, 0.2) is 36.9 Å². The number of benzene rings is 1. The van der Waals surface area contributed by atoms with Crippen molar-refractivity contribution in [1.82, 2.24) is 10.2 Å². The fourth-order valence-corrected chi connectivity index (χ4v) is 1.65. The van der Waals surface area contributed by atoms with Gasteiger partial charge in [0.1, 0.15) is 0 Å². The van der Waals surface area contributed by atoms with Crippen LogP contribution in [0.25, 0.3) is 0 Å². The van der Waals surface area contributed by atoms with Crippen LogP contribution in [0, 0.1) is 0 Å². The molecule has 0 saturated heterocycles. The van der Waals surface area contributed by atoms with E-state index in [-0.39, 0.29) is 12.5 Å². The van der Waals surface area contributed by atoms with Crippen molar-refractivity contribution in [3.05, 3.63) is 48.0 Å². The minimum absolute atomic E-state index is 0.0471. The topological polar surface area (TPSA) is 69.6 Å². The van der Waals surface area contributed by atoms with E-state index in [4.69, 9.17) is 5.11 Å². The molecule has 1 rings (SSSR count). The number of carboxylic acid groups (broad SMARTS) is 1. The highest BCUT2D eigenvalue weighted by molar-refractivity contribution is 5.74. The quantitative estimate of drug-likeness (QED) is 0.766. The highest BCUT2D eigenvalue weighted by Gasteiger charge is 2.09. The van der Waals surface area contributed by atoms with Crippen LogP contribution in [-0.2, 0) is 17.8 Å². The van der Waals surface area contributed by atoms with E-state index in [1.54, 1.807) is 25.3 Å². The predicted octanol–water partition coefficient (Wildman–Crippen LogP) is 1.64. The molecule has 0 aromatic heterocycles. The Labute approximate surface area is 112 Å². The van der Waals surface area contributed by atoms with Crippen LogP contribution in [-0.4, -0.2) is 35.6 Å². The number of nitrogens with zero attached hydrogens (tertiary/aromatic N) is 1. The molecular weight excluding hydrogens is 244 g/mol. The van der Waals surface area contributed by atoms with Crippen LogP contribution >= 0.6 is 0 Å². The number of carboxylic acids is 1. The summed E-state index contributed by atoms with van der Waals surface area (Å²) in [6.45, 7) is 4.33. The molecule has 2 amide bonds. The Morgan fingerprint density at radius 2 is 2.00 bits per heavy atom. The lowest BCUT2D eigenvalue weighted by molar-refractivity contribution is -0.136. The first kappa shape index (κ1) is 14.8. The molecular formula is C14H18N2O3. The number of nitrogens with one attached hydrogen (secondary N) is 1. The zero-order valence-electron chi connectivity index (χ0n) is 10.9. The number of aliphatic carboxylic acids is 1. The first-order chi connectivity index (χ1) is 9.04. The van der Waals surface area contributed by atoms with Crippen molar-refractivity contribution in [3.63, 3.8) is 0 Å². The molecule has 19 heavy (non-hydrogen) atoms. The molecule has 0 unspecified atom stereocenters. The summed E-state index contributed by atoms with van der Waals surface area (Å²) >= 11 is 0. The van der Waals surface area contributed by atoms with Crippen molar-refractivity contribution in [2.24, 2.45) is 0 Å². The van der Waals surface area contributed by atoms with E-state index < -0.39 is 5.97 Å². The highest BCUT2D eigenvalue weighted by atomic mass is 16.4. The Kier molecular flexibility index (Phi) is 5.60. The third kappa shape index (κ3) is 4.83. The summed E-state index contributed by atoms with van der Waals surface area (Å²) in [6.07, 6.45) is 1.59. The van der Waals surface area contributed by atoms with Gasteiger partial charge in [0, 0.05) is 20.1 Å². The van der Waals surface area contributed by atoms with Gasteiger partial charge in [0.2, 0.25) is 0 Å². The van der Waals surface area contributed by atoms with Gasteiger partial charge >= 0.3 is 12.0 Å². The Morgan fingerprint density at radius 1 is 1.37 bits per heavy atom. The van der Waals surface area contributed by atoms with Crippen LogP contribution in [0.2, 0.25) is 0 Å². The van der Waals surface area contributed by atoms with Crippen molar-refractivity contribution >= 4 is 12.0 Å². The molecule has 0 aliphatic rings. The molecule has 0 aliphatic carbocycles. The maximum atomic E-state index is 11.7. The van der Waals surface area contributed by atoms with E-state index in [0.29, 0.717) is 18.7 Å². The monoisotopic (exact) mass is 262 g/mol. The van der Waals surface area contributed by atoms with Gasteiger partial charge < -0.3 is 15.3 Å². The van der Waals surface area contributed by atoms with E-state index in [1.165, 1.54) is 4.90 Å². The molecule has 5 nitrogen and oxygen atoms in total. The Bertz CT molecular complexity index is 472. The van der Waals surface area contributed by atoms with E-state index >= 15 is 0 Å². The summed E-state index contributed by atoms with van der Waals surface area (Å²) in [6, 6.07) is 6.95. The number of likely N-dealkylation sites (N-methyl/N-ethyl adjacent to an activating group) is 1. The van der Waals surface area contributed by atoms with Gasteiger partial charge in [0.15, 0.2) is 0 Å². The first-order valence-electron chi connectivity index (χ1n) is 5.93. The second kappa shape index (κ2) is 7.20. The van der Waals surface area contributed by atoms with Crippen molar-refractivity contribution < 1.29 is 14.7 Å². The zero-order valence-corrected chi connectivity index (χ0v) is 10.9.